The van der Waals surface area contributed by atoms with Gasteiger partial charge in [0.15, 0.2) is 0 Å². The Morgan fingerprint density at radius 2 is 2.20 bits per heavy atom. The van der Waals surface area contributed by atoms with Crippen LogP contribution in [0.4, 0.5) is 0 Å². The molecule has 0 saturated heterocycles. The summed E-state index contributed by atoms with van der Waals surface area (Å²) in [7, 11) is 1.91. The van der Waals surface area contributed by atoms with Gasteiger partial charge in [0.25, 0.3) is 0 Å². The predicted octanol–water partition coefficient (Wildman–Crippen LogP) is 2.05. The molecule has 0 unspecified atom stereocenters. The molecule has 2 aromatic heterocycles. The Labute approximate surface area is 122 Å². The lowest BCUT2D eigenvalue weighted by atomic mass is 10.1. The Hall–Kier alpha value is -1.82. The van der Waals surface area contributed by atoms with Crippen molar-refractivity contribution < 1.29 is 0 Å². The summed E-state index contributed by atoms with van der Waals surface area (Å²) in [4.78, 5) is 4.72. The second kappa shape index (κ2) is 4.94. The number of hydrogen-bond donors (Lipinski definition) is 2. The SMILES string of the molecule is Cc1cc(Sc2nc3c(cc2C(=N)N)CCC3)n(C)n1. The Kier molecular flexibility index (Phi) is 3.25. The topological polar surface area (TPSA) is 80.6 Å². The summed E-state index contributed by atoms with van der Waals surface area (Å²) < 4.78 is 1.83. The lowest BCUT2D eigenvalue weighted by Crippen LogP contribution is -2.14. The van der Waals surface area contributed by atoms with Crippen molar-refractivity contribution in [2.45, 2.75) is 36.2 Å². The fourth-order valence-corrected chi connectivity index (χ4v) is 3.54. The van der Waals surface area contributed by atoms with Gasteiger partial charge >= 0.3 is 0 Å². The van der Waals surface area contributed by atoms with Crippen LogP contribution in [0.15, 0.2) is 22.2 Å². The molecule has 2 heterocycles. The summed E-state index contributed by atoms with van der Waals surface area (Å²) in [5.74, 6) is 0.0774. The van der Waals surface area contributed by atoms with Gasteiger partial charge in [0.2, 0.25) is 0 Å². The summed E-state index contributed by atoms with van der Waals surface area (Å²) in [6.45, 7) is 1.96. The largest absolute Gasteiger partial charge is 0.384 e. The van der Waals surface area contributed by atoms with Gasteiger partial charge in [-0.05, 0) is 55.6 Å². The third-order valence-corrected chi connectivity index (χ3v) is 4.56. The highest BCUT2D eigenvalue weighted by Gasteiger charge is 2.19. The zero-order valence-electron chi connectivity index (χ0n) is 11.6. The van der Waals surface area contributed by atoms with Gasteiger partial charge < -0.3 is 5.73 Å². The van der Waals surface area contributed by atoms with Gasteiger partial charge in [-0.2, -0.15) is 5.10 Å². The van der Waals surface area contributed by atoms with E-state index in [2.05, 4.69) is 5.10 Å². The average molecular weight is 287 g/mol. The van der Waals surface area contributed by atoms with E-state index < -0.39 is 0 Å². The van der Waals surface area contributed by atoms with Crippen LogP contribution in [0.2, 0.25) is 0 Å². The van der Waals surface area contributed by atoms with Gasteiger partial charge in [-0.25, -0.2) is 4.98 Å². The second-order valence-electron chi connectivity index (χ2n) is 5.06. The minimum absolute atomic E-state index is 0.0774. The number of aromatic nitrogens is 3. The summed E-state index contributed by atoms with van der Waals surface area (Å²) in [6.07, 6.45) is 3.20. The number of nitrogens with one attached hydrogen (secondary N) is 1. The molecule has 0 aromatic carbocycles. The van der Waals surface area contributed by atoms with Gasteiger partial charge in [-0.1, -0.05) is 0 Å². The van der Waals surface area contributed by atoms with E-state index in [4.69, 9.17) is 16.1 Å². The monoisotopic (exact) mass is 287 g/mol. The third-order valence-electron chi connectivity index (χ3n) is 3.47. The Morgan fingerprint density at radius 3 is 2.85 bits per heavy atom. The van der Waals surface area contributed by atoms with E-state index in [0.717, 1.165) is 46.3 Å². The van der Waals surface area contributed by atoms with E-state index in [1.54, 1.807) is 0 Å². The number of nitrogen functional groups attached to an aromatic ring is 1. The zero-order valence-corrected chi connectivity index (χ0v) is 12.4. The molecule has 0 amide bonds. The molecule has 0 atom stereocenters. The van der Waals surface area contributed by atoms with Crippen LogP contribution >= 0.6 is 11.8 Å². The first-order valence-electron chi connectivity index (χ1n) is 6.60. The van der Waals surface area contributed by atoms with E-state index in [9.17, 15) is 0 Å². The number of nitrogens with zero attached hydrogens (tertiary/aromatic N) is 3. The summed E-state index contributed by atoms with van der Waals surface area (Å²) >= 11 is 1.52. The molecular weight excluding hydrogens is 270 g/mol. The quantitative estimate of drug-likeness (QED) is 0.669. The molecule has 20 heavy (non-hydrogen) atoms. The molecule has 0 fully saturated rings. The van der Waals surface area contributed by atoms with Crippen molar-refractivity contribution in [2.75, 3.05) is 0 Å². The summed E-state index contributed by atoms with van der Waals surface area (Å²) in [5.41, 5.74) is 9.80. The van der Waals surface area contributed by atoms with Crippen LogP contribution in [-0.2, 0) is 19.9 Å². The number of amidine groups is 1. The molecule has 104 valence electrons. The number of rotatable bonds is 3. The van der Waals surface area contributed by atoms with E-state index in [-0.39, 0.29) is 5.84 Å². The normalized spacial score (nSPS) is 13.5. The van der Waals surface area contributed by atoms with Crippen LogP contribution in [0, 0.1) is 12.3 Å². The molecule has 0 spiro atoms. The van der Waals surface area contributed by atoms with Crippen molar-refractivity contribution in [1.29, 1.82) is 5.41 Å². The molecule has 0 aliphatic heterocycles. The molecular formula is C14H17N5S. The Morgan fingerprint density at radius 1 is 1.40 bits per heavy atom. The van der Waals surface area contributed by atoms with Crippen molar-refractivity contribution in [3.8, 4) is 0 Å². The first-order valence-corrected chi connectivity index (χ1v) is 7.42. The highest BCUT2D eigenvalue weighted by molar-refractivity contribution is 7.99. The molecule has 1 aliphatic rings. The lowest BCUT2D eigenvalue weighted by molar-refractivity contribution is 0.692. The number of pyridine rings is 1. The van der Waals surface area contributed by atoms with Crippen molar-refractivity contribution in [2.24, 2.45) is 12.8 Å². The molecule has 0 saturated carbocycles. The van der Waals surface area contributed by atoms with Crippen molar-refractivity contribution in [1.82, 2.24) is 14.8 Å². The Bertz CT molecular complexity index is 689. The van der Waals surface area contributed by atoms with Gasteiger partial charge in [0, 0.05) is 18.3 Å². The number of fused-ring (bicyclic) bond motifs is 1. The number of hydrogen-bond acceptors (Lipinski definition) is 4. The first kappa shape index (κ1) is 13.2. The van der Waals surface area contributed by atoms with Gasteiger partial charge in [-0.15, -0.1) is 0 Å². The average Bonchev–Trinajstić information content (AvgIpc) is 2.94. The third kappa shape index (κ3) is 2.31. The molecule has 6 heteroatoms. The minimum Gasteiger partial charge on any atom is -0.384 e. The van der Waals surface area contributed by atoms with Crippen LogP contribution in [0.25, 0.3) is 0 Å². The minimum atomic E-state index is 0.0774. The van der Waals surface area contributed by atoms with Crippen LogP contribution in [-0.4, -0.2) is 20.6 Å². The fraction of sp³-hybridized carbons (Fsp3) is 0.357. The van der Waals surface area contributed by atoms with Crippen molar-refractivity contribution >= 4 is 17.6 Å². The van der Waals surface area contributed by atoms with Crippen LogP contribution in [0.1, 0.15) is 28.9 Å². The number of aryl methyl sites for hydroxylation is 4. The molecule has 0 bridgehead atoms. The maximum Gasteiger partial charge on any atom is 0.125 e. The standard InChI is InChI=1S/C14H17N5S/c1-8-6-12(19(2)18-8)20-14-10(13(15)16)7-9-4-3-5-11(9)17-14/h6-7H,3-5H2,1-2H3,(H3,15,16). The molecule has 3 rings (SSSR count). The van der Waals surface area contributed by atoms with E-state index >= 15 is 0 Å². The molecule has 3 N–H and O–H groups in total. The van der Waals surface area contributed by atoms with E-state index in [0.29, 0.717) is 0 Å². The number of nitrogens with two attached hydrogens (primary N) is 1. The molecule has 2 aromatic rings. The van der Waals surface area contributed by atoms with Crippen molar-refractivity contribution in [3.05, 3.63) is 34.6 Å². The van der Waals surface area contributed by atoms with Gasteiger partial charge in [0.1, 0.15) is 15.9 Å². The lowest BCUT2D eigenvalue weighted by Gasteiger charge is -2.10. The van der Waals surface area contributed by atoms with Crippen LogP contribution in [0.5, 0.6) is 0 Å². The maximum absolute atomic E-state index is 7.77. The smallest absolute Gasteiger partial charge is 0.125 e. The highest BCUT2D eigenvalue weighted by atomic mass is 32.2. The molecule has 5 nitrogen and oxygen atoms in total. The van der Waals surface area contributed by atoms with Gasteiger partial charge in [0.05, 0.1) is 5.69 Å². The van der Waals surface area contributed by atoms with Gasteiger partial charge in [-0.3, -0.25) is 10.1 Å². The van der Waals surface area contributed by atoms with E-state index in [1.807, 2.05) is 30.8 Å². The zero-order chi connectivity index (χ0) is 14.3. The van der Waals surface area contributed by atoms with Crippen LogP contribution < -0.4 is 5.73 Å². The first-order chi connectivity index (χ1) is 9.54. The van der Waals surface area contributed by atoms with Crippen molar-refractivity contribution in [3.63, 3.8) is 0 Å². The maximum atomic E-state index is 7.77. The second-order valence-corrected chi connectivity index (χ2v) is 6.07. The summed E-state index contributed by atoms with van der Waals surface area (Å²) in [5, 5.41) is 13.9. The highest BCUT2D eigenvalue weighted by Crippen LogP contribution is 2.32. The fourth-order valence-electron chi connectivity index (χ4n) is 2.51. The van der Waals surface area contributed by atoms with E-state index in [1.165, 1.54) is 17.3 Å². The Balaban J connectivity index is 2.04. The van der Waals surface area contributed by atoms with Crippen LogP contribution in [0.3, 0.4) is 0 Å². The molecule has 1 aliphatic carbocycles. The summed E-state index contributed by atoms with van der Waals surface area (Å²) in [6, 6.07) is 4.05. The molecule has 0 radical (unpaired) electrons. The predicted molar refractivity (Wildman–Crippen MR) is 79.3 cm³/mol.